The Bertz CT molecular complexity index is 464. The molecular formula is C15H20ClNO3. The van der Waals surface area contributed by atoms with Crippen LogP contribution < -0.4 is 4.74 Å². The SMILES string of the molecule is CC(C)N1CCOC(COc2c(Cl)cccc2C=O)C1. The van der Waals surface area contributed by atoms with Gasteiger partial charge >= 0.3 is 0 Å². The summed E-state index contributed by atoms with van der Waals surface area (Å²) in [5.74, 6) is 0.439. The average Bonchev–Trinajstić information content (AvgIpc) is 2.46. The Morgan fingerprint density at radius 1 is 1.55 bits per heavy atom. The lowest BCUT2D eigenvalue weighted by Crippen LogP contribution is -2.47. The van der Waals surface area contributed by atoms with Crippen molar-refractivity contribution >= 4 is 17.9 Å². The second kappa shape index (κ2) is 7.07. The zero-order valence-corrected chi connectivity index (χ0v) is 12.6. The van der Waals surface area contributed by atoms with E-state index in [1.54, 1.807) is 18.2 Å². The number of carbonyl (C=O) groups excluding carboxylic acids is 1. The standard InChI is InChI=1S/C15H20ClNO3/c1-11(2)17-6-7-19-13(8-17)10-20-15-12(9-18)4-3-5-14(15)16/h3-5,9,11,13H,6-8,10H2,1-2H3. The van der Waals surface area contributed by atoms with E-state index in [2.05, 4.69) is 18.7 Å². The second-order valence-corrected chi connectivity index (χ2v) is 5.58. The molecule has 4 nitrogen and oxygen atoms in total. The number of nitrogens with zero attached hydrogens (tertiary/aromatic N) is 1. The van der Waals surface area contributed by atoms with Crippen LogP contribution in [0.2, 0.25) is 5.02 Å². The number of hydrogen-bond donors (Lipinski definition) is 0. The third-order valence-electron chi connectivity index (χ3n) is 3.44. The van der Waals surface area contributed by atoms with Crippen molar-refractivity contribution in [1.29, 1.82) is 0 Å². The van der Waals surface area contributed by atoms with Crippen LogP contribution >= 0.6 is 11.6 Å². The molecule has 1 aromatic carbocycles. The lowest BCUT2D eigenvalue weighted by molar-refractivity contribution is -0.0564. The molecule has 1 heterocycles. The van der Waals surface area contributed by atoms with Gasteiger partial charge in [0.2, 0.25) is 0 Å². The molecule has 2 rings (SSSR count). The molecule has 1 aromatic rings. The lowest BCUT2D eigenvalue weighted by Gasteiger charge is -2.35. The molecule has 1 aliphatic heterocycles. The zero-order chi connectivity index (χ0) is 14.5. The Morgan fingerprint density at radius 3 is 3.05 bits per heavy atom. The molecule has 0 N–H and O–H groups in total. The molecule has 1 fully saturated rings. The molecule has 1 atom stereocenters. The second-order valence-electron chi connectivity index (χ2n) is 5.17. The van der Waals surface area contributed by atoms with Gasteiger partial charge in [0.25, 0.3) is 0 Å². The van der Waals surface area contributed by atoms with Crippen LogP contribution in [0, 0.1) is 0 Å². The van der Waals surface area contributed by atoms with Crippen LogP contribution in [0.3, 0.4) is 0 Å². The van der Waals surface area contributed by atoms with Crippen molar-refractivity contribution in [3.8, 4) is 5.75 Å². The van der Waals surface area contributed by atoms with Crippen molar-refractivity contribution in [3.63, 3.8) is 0 Å². The summed E-state index contributed by atoms with van der Waals surface area (Å²) in [6, 6.07) is 5.63. The number of halogens is 1. The number of benzene rings is 1. The molecular weight excluding hydrogens is 278 g/mol. The van der Waals surface area contributed by atoms with E-state index in [0.717, 1.165) is 19.4 Å². The first kappa shape index (κ1) is 15.3. The van der Waals surface area contributed by atoms with E-state index in [1.165, 1.54) is 0 Å². The van der Waals surface area contributed by atoms with Gasteiger partial charge in [-0.2, -0.15) is 0 Å². The number of hydrogen-bond acceptors (Lipinski definition) is 4. The lowest BCUT2D eigenvalue weighted by atomic mass is 10.2. The van der Waals surface area contributed by atoms with E-state index in [4.69, 9.17) is 21.1 Å². The minimum Gasteiger partial charge on any atom is -0.489 e. The third kappa shape index (κ3) is 3.72. The van der Waals surface area contributed by atoms with E-state index in [1.807, 2.05) is 0 Å². The van der Waals surface area contributed by atoms with Gasteiger partial charge in [0.15, 0.2) is 6.29 Å². The maximum atomic E-state index is 11.0. The van der Waals surface area contributed by atoms with Crippen molar-refractivity contribution in [1.82, 2.24) is 4.90 Å². The molecule has 5 heteroatoms. The fraction of sp³-hybridized carbons (Fsp3) is 0.533. The van der Waals surface area contributed by atoms with Crippen molar-refractivity contribution < 1.29 is 14.3 Å². The fourth-order valence-electron chi connectivity index (χ4n) is 2.26. The van der Waals surface area contributed by atoms with Gasteiger partial charge in [-0.1, -0.05) is 17.7 Å². The molecule has 0 spiro atoms. The van der Waals surface area contributed by atoms with E-state index >= 15 is 0 Å². The van der Waals surface area contributed by atoms with E-state index < -0.39 is 0 Å². The normalized spacial score (nSPS) is 20.1. The molecule has 0 saturated carbocycles. The summed E-state index contributed by atoms with van der Waals surface area (Å²) in [7, 11) is 0. The van der Waals surface area contributed by atoms with Gasteiger partial charge in [-0.15, -0.1) is 0 Å². The first-order valence-corrected chi connectivity index (χ1v) is 7.21. The van der Waals surface area contributed by atoms with E-state index in [9.17, 15) is 4.79 Å². The van der Waals surface area contributed by atoms with E-state index in [0.29, 0.717) is 35.6 Å². The monoisotopic (exact) mass is 297 g/mol. The number of carbonyl (C=O) groups is 1. The molecule has 0 aromatic heterocycles. The van der Waals surface area contributed by atoms with Crippen LogP contribution in [-0.2, 0) is 4.74 Å². The molecule has 20 heavy (non-hydrogen) atoms. The summed E-state index contributed by atoms with van der Waals surface area (Å²) >= 11 is 6.07. The summed E-state index contributed by atoms with van der Waals surface area (Å²) in [6.07, 6.45) is 0.755. The van der Waals surface area contributed by atoms with Crippen LogP contribution in [0.1, 0.15) is 24.2 Å². The maximum Gasteiger partial charge on any atom is 0.153 e. The number of rotatable bonds is 5. The Labute approximate surface area is 124 Å². The van der Waals surface area contributed by atoms with Crippen LogP contribution in [0.5, 0.6) is 5.75 Å². The highest BCUT2D eigenvalue weighted by Crippen LogP contribution is 2.27. The van der Waals surface area contributed by atoms with Crippen LogP contribution in [0.25, 0.3) is 0 Å². The zero-order valence-electron chi connectivity index (χ0n) is 11.8. The number of para-hydroxylation sites is 1. The van der Waals surface area contributed by atoms with Crippen molar-refractivity contribution in [2.45, 2.75) is 26.0 Å². The molecule has 1 aliphatic rings. The largest absolute Gasteiger partial charge is 0.489 e. The molecule has 0 radical (unpaired) electrons. The maximum absolute atomic E-state index is 11.0. The first-order chi connectivity index (χ1) is 9.61. The highest BCUT2D eigenvalue weighted by atomic mass is 35.5. The summed E-state index contributed by atoms with van der Waals surface area (Å²) in [6.45, 7) is 7.21. The molecule has 0 aliphatic carbocycles. The van der Waals surface area contributed by atoms with Crippen molar-refractivity contribution in [2.24, 2.45) is 0 Å². The number of aldehydes is 1. The number of morpholine rings is 1. The Kier molecular flexibility index (Phi) is 5.40. The fourth-order valence-corrected chi connectivity index (χ4v) is 2.50. The summed E-state index contributed by atoms with van der Waals surface area (Å²) < 4.78 is 11.4. The van der Waals surface area contributed by atoms with Gasteiger partial charge in [-0.05, 0) is 26.0 Å². The quantitative estimate of drug-likeness (QED) is 0.783. The highest BCUT2D eigenvalue weighted by Gasteiger charge is 2.23. The van der Waals surface area contributed by atoms with Crippen molar-refractivity contribution in [3.05, 3.63) is 28.8 Å². The molecule has 110 valence electrons. The highest BCUT2D eigenvalue weighted by molar-refractivity contribution is 6.32. The smallest absolute Gasteiger partial charge is 0.153 e. The van der Waals surface area contributed by atoms with Gasteiger partial charge in [-0.25, -0.2) is 0 Å². The van der Waals surface area contributed by atoms with Crippen LogP contribution in [0.15, 0.2) is 18.2 Å². The molecule has 1 unspecified atom stereocenters. The topological polar surface area (TPSA) is 38.8 Å². The predicted molar refractivity (Wildman–Crippen MR) is 78.8 cm³/mol. The molecule has 0 bridgehead atoms. The minimum atomic E-state index is 0.00178. The minimum absolute atomic E-state index is 0.00178. The van der Waals surface area contributed by atoms with Crippen LogP contribution in [-0.4, -0.2) is 49.6 Å². The summed E-state index contributed by atoms with van der Waals surface area (Å²) in [5, 5.41) is 0.450. The third-order valence-corrected chi connectivity index (χ3v) is 3.74. The van der Waals surface area contributed by atoms with E-state index in [-0.39, 0.29) is 6.10 Å². The van der Waals surface area contributed by atoms with Crippen LogP contribution in [0.4, 0.5) is 0 Å². The van der Waals surface area contributed by atoms with Crippen molar-refractivity contribution in [2.75, 3.05) is 26.3 Å². The Morgan fingerprint density at radius 2 is 2.35 bits per heavy atom. The average molecular weight is 298 g/mol. The Balaban J connectivity index is 1.97. The molecule has 0 amide bonds. The van der Waals surface area contributed by atoms with Gasteiger partial charge < -0.3 is 9.47 Å². The first-order valence-electron chi connectivity index (χ1n) is 6.84. The predicted octanol–water partition coefficient (Wildman–Crippen LogP) is 2.64. The van der Waals surface area contributed by atoms with Gasteiger partial charge in [0.05, 0.1) is 17.2 Å². The van der Waals surface area contributed by atoms with Gasteiger partial charge in [-0.3, -0.25) is 9.69 Å². The van der Waals surface area contributed by atoms with Gasteiger partial charge in [0, 0.05) is 19.1 Å². The Hall–Kier alpha value is -1.10. The van der Waals surface area contributed by atoms with Gasteiger partial charge in [0.1, 0.15) is 18.5 Å². The summed E-state index contributed by atoms with van der Waals surface area (Å²) in [4.78, 5) is 13.3. The number of ether oxygens (including phenoxy) is 2. The molecule has 1 saturated heterocycles. The summed E-state index contributed by atoms with van der Waals surface area (Å²) in [5.41, 5.74) is 0.467.